The Kier molecular flexibility index (Phi) is 7.77. The molecule has 0 aromatic heterocycles. The van der Waals surface area contributed by atoms with Gasteiger partial charge in [0.25, 0.3) is 0 Å². The van der Waals surface area contributed by atoms with Crippen LogP contribution in [-0.2, 0) is 14.8 Å². The molecule has 6 heteroatoms. The average molecular weight is 202 g/mol. The smallest absolute Gasteiger partial charge is 0.234 e. The summed E-state index contributed by atoms with van der Waals surface area (Å²) in [7, 11) is -3.31. The van der Waals surface area contributed by atoms with E-state index in [1.54, 1.807) is 4.72 Å². The van der Waals surface area contributed by atoms with Gasteiger partial charge in [0.15, 0.2) is 0 Å². The van der Waals surface area contributed by atoms with Crippen LogP contribution in [0.2, 0.25) is 0 Å². The first-order chi connectivity index (χ1) is 4.62. The lowest BCUT2D eigenvalue weighted by Gasteiger charge is -1.98. The number of carbonyl (C=O) groups excluding carboxylic acids is 1. The summed E-state index contributed by atoms with van der Waals surface area (Å²) < 4.78 is 23.0. The van der Waals surface area contributed by atoms with E-state index in [2.05, 4.69) is 0 Å². The molecule has 0 saturated carbocycles. The maximum Gasteiger partial charge on any atom is 0.234 e. The SMILES string of the molecule is CCCCS(=O)(=O)NC=O.Cl. The number of hydrogen-bond acceptors (Lipinski definition) is 3. The van der Waals surface area contributed by atoms with E-state index < -0.39 is 10.0 Å². The Balaban J connectivity index is 0. The van der Waals surface area contributed by atoms with Gasteiger partial charge in [-0.15, -0.1) is 12.4 Å². The highest BCUT2D eigenvalue weighted by molar-refractivity contribution is 7.89. The van der Waals surface area contributed by atoms with Gasteiger partial charge < -0.3 is 0 Å². The molecule has 0 spiro atoms. The fourth-order valence-electron chi connectivity index (χ4n) is 0.467. The highest BCUT2D eigenvalue weighted by Gasteiger charge is 2.05. The van der Waals surface area contributed by atoms with Crippen molar-refractivity contribution in [1.82, 2.24) is 4.72 Å². The van der Waals surface area contributed by atoms with Crippen LogP contribution in [0.5, 0.6) is 0 Å². The number of nitrogens with one attached hydrogen (secondary N) is 1. The average Bonchev–Trinajstić information content (AvgIpc) is 1.84. The molecular weight excluding hydrogens is 190 g/mol. The predicted octanol–water partition coefficient (Wildman–Crippen LogP) is 0.284. The standard InChI is InChI=1S/C5H11NO3S.ClH/c1-2-3-4-10(8,9)6-5-7;/h5H,2-4H2,1H3,(H,6,7);1H. The van der Waals surface area contributed by atoms with E-state index in [9.17, 15) is 13.2 Å². The Bertz CT molecular complexity index is 190. The third kappa shape index (κ3) is 7.61. The van der Waals surface area contributed by atoms with Gasteiger partial charge in [-0.3, -0.25) is 9.52 Å². The van der Waals surface area contributed by atoms with E-state index in [1.807, 2.05) is 6.92 Å². The molecule has 0 aromatic carbocycles. The molecule has 1 amide bonds. The Labute approximate surface area is 72.8 Å². The van der Waals surface area contributed by atoms with Crippen molar-refractivity contribution in [2.24, 2.45) is 0 Å². The van der Waals surface area contributed by atoms with Gasteiger partial charge in [0.1, 0.15) is 0 Å². The molecule has 11 heavy (non-hydrogen) atoms. The van der Waals surface area contributed by atoms with E-state index in [0.717, 1.165) is 6.42 Å². The summed E-state index contributed by atoms with van der Waals surface area (Å²) in [5.74, 6) is 0.0300. The fraction of sp³-hybridized carbons (Fsp3) is 0.800. The van der Waals surface area contributed by atoms with Gasteiger partial charge in [-0.05, 0) is 6.42 Å². The van der Waals surface area contributed by atoms with Gasteiger partial charge in [0, 0.05) is 0 Å². The van der Waals surface area contributed by atoms with E-state index in [-0.39, 0.29) is 24.6 Å². The zero-order valence-electron chi connectivity index (χ0n) is 6.24. The predicted molar refractivity (Wildman–Crippen MR) is 45.1 cm³/mol. The topological polar surface area (TPSA) is 63.2 Å². The van der Waals surface area contributed by atoms with Crippen LogP contribution in [-0.4, -0.2) is 20.6 Å². The van der Waals surface area contributed by atoms with Crippen LogP contribution in [0.4, 0.5) is 0 Å². The van der Waals surface area contributed by atoms with E-state index in [4.69, 9.17) is 0 Å². The molecule has 0 unspecified atom stereocenters. The Morgan fingerprint density at radius 2 is 2.00 bits per heavy atom. The number of amides is 1. The molecule has 0 atom stereocenters. The number of sulfonamides is 1. The van der Waals surface area contributed by atoms with Gasteiger partial charge in [-0.1, -0.05) is 13.3 Å². The second-order valence-electron chi connectivity index (χ2n) is 1.91. The van der Waals surface area contributed by atoms with Crippen LogP contribution < -0.4 is 4.72 Å². The second kappa shape index (κ2) is 6.42. The molecule has 0 saturated heterocycles. The summed E-state index contributed by atoms with van der Waals surface area (Å²) in [6.07, 6.45) is 1.58. The lowest BCUT2D eigenvalue weighted by Crippen LogP contribution is -2.24. The number of carbonyl (C=O) groups is 1. The Morgan fingerprint density at radius 1 is 1.45 bits per heavy atom. The van der Waals surface area contributed by atoms with Crippen LogP contribution in [0, 0.1) is 0 Å². The first kappa shape index (κ1) is 13.3. The summed E-state index contributed by atoms with van der Waals surface area (Å²) in [5, 5.41) is 0. The summed E-state index contributed by atoms with van der Waals surface area (Å²) in [6, 6.07) is 0. The van der Waals surface area contributed by atoms with Crippen LogP contribution in [0.15, 0.2) is 0 Å². The summed E-state index contributed by atoms with van der Waals surface area (Å²) in [5.41, 5.74) is 0. The molecule has 68 valence electrons. The van der Waals surface area contributed by atoms with E-state index >= 15 is 0 Å². The molecule has 0 aliphatic carbocycles. The fourth-order valence-corrected chi connectivity index (χ4v) is 1.40. The van der Waals surface area contributed by atoms with Crippen molar-refractivity contribution in [1.29, 1.82) is 0 Å². The third-order valence-corrected chi connectivity index (χ3v) is 2.28. The van der Waals surface area contributed by atoms with Crippen LogP contribution in [0.25, 0.3) is 0 Å². The van der Waals surface area contributed by atoms with Crippen molar-refractivity contribution in [2.45, 2.75) is 19.8 Å². The van der Waals surface area contributed by atoms with Crippen LogP contribution in [0.3, 0.4) is 0 Å². The lowest BCUT2D eigenvalue weighted by atomic mass is 10.4. The van der Waals surface area contributed by atoms with Gasteiger partial charge in [-0.2, -0.15) is 0 Å². The first-order valence-electron chi connectivity index (χ1n) is 3.06. The zero-order chi connectivity index (χ0) is 8.04. The summed E-state index contributed by atoms with van der Waals surface area (Å²) in [4.78, 5) is 9.69. The highest BCUT2D eigenvalue weighted by Crippen LogP contribution is 1.91. The molecule has 1 N–H and O–H groups in total. The number of halogens is 1. The minimum absolute atomic E-state index is 0. The Hall–Kier alpha value is -0.290. The van der Waals surface area contributed by atoms with Crippen molar-refractivity contribution in [2.75, 3.05) is 5.75 Å². The van der Waals surface area contributed by atoms with E-state index in [0.29, 0.717) is 6.42 Å². The molecule has 0 aliphatic heterocycles. The van der Waals surface area contributed by atoms with Crippen molar-refractivity contribution in [3.8, 4) is 0 Å². The Morgan fingerprint density at radius 3 is 2.36 bits per heavy atom. The molecular formula is C5H12ClNO3S. The zero-order valence-corrected chi connectivity index (χ0v) is 7.87. The first-order valence-corrected chi connectivity index (χ1v) is 4.71. The maximum absolute atomic E-state index is 10.6. The summed E-state index contributed by atoms with van der Waals surface area (Å²) in [6.45, 7) is 1.89. The molecule has 4 nitrogen and oxygen atoms in total. The largest absolute Gasteiger partial charge is 0.278 e. The number of rotatable bonds is 5. The quantitative estimate of drug-likeness (QED) is 0.651. The highest BCUT2D eigenvalue weighted by atomic mass is 35.5. The molecule has 0 radical (unpaired) electrons. The van der Waals surface area contributed by atoms with Gasteiger partial charge in [0.2, 0.25) is 16.4 Å². The molecule has 0 heterocycles. The third-order valence-electron chi connectivity index (χ3n) is 0.994. The molecule has 0 aliphatic rings. The second-order valence-corrected chi connectivity index (χ2v) is 3.78. The maximum atomic E-state index is 10.6. The summed E-state index contributed by atoms with van der Waals surface area (Å²) >= 11 is 0. The minimum atomic E-state index is -3.31. The van der Waals surface area contributed by atoms with Crippen molar-refractivity contribution in [3.63, 3.8) is 0 Å². The lowest BCUT2D eigenvalue weighted by molar-refractivity contribution is -0.108. The van der Waals surface area contributed by atoms with Crippen molar-refractivity contribution in [3.05, 3.63) is 0 Å². The van der Waals surface area contributed by atoms with Gasteiger partial charge >= 0.3 is 0 Å². The molecule has 0 fully saturated rings. The van der Waals surface area contributed by atoms with Crippen molar-refractivity contribution >= 4 is 28.8 Å². The normalized spacial score (nSPS) is 9.91. The van der Waals surface area contributed by atoms with Crippen molar-refractivity contribution < 1.29 is 13.2 Å². The van der Waals surface area contributed by atoms with Gasteiger partial charge in [-0.25, -0.2) is 8.42 Å². The molecule has 0 aromatic rings. The van der Waals surface area contributed by atoms with E-state index in [1.165, 1.54) is 0 Å². The van der Waals surface area contributed by atoms with Crippen LogP contribution in [0.1, 0.15) is 19.8 Å². The van der Waals surface area contributed by atoms with Gasteiger partial charge in [0.05, 0.1) is 5.75 Å². The monoisotopic (exact) mass is 201 g/mol. The molecule has 0 bridgehead atoms. The number of unbranched alkanes of at least 4 members (excludes halogenated alkanes) is 1. The molecule has 0 rings (SSSR count). The number of hydrogen-bond donors (Lipinski definition) is 1. The minimum Gasteiger partial charge on any atom is -0.278 e. The van der Waals surface area contributed by atoms with Crippen LogP contribution >= 0.6 is 12.4 Å².